The maximum Gasteiger partial charge on any atom is 0.227 e. The first-order chi connectivity index (χ1) is 15.9. The van der Waals surface area contributed by atoms with E-state index in [1.807, 2.05) is 12.3 Å². The van der Waals surface area contributed by atoms with Crippen LogP contribution in [0.1, 0.15) is 50.4 Å². The molecule has 0 N–H and O–H groups in total. The second kappa shape index (κ2) is 8.47. The molecule has 0 aliphatic heterocycles. The first kappa shape index (κ1) is 21.4. The largest absolute Gasteiger partial charge is 0.437 e. The summed E-state index contributed by atoms with van der Waals surface area (Å²) < 4.78 is 6.41. The van der Waals surface area contributed by atoms with E-state index in [0.717, 1.165) is 50.9 Å². The van der Waals surface area contributed by atoms with Gasteiger partial charge < -0.3 is 4.42 Å². The molecule has 3 aromatic heterocycles. The lowest BCUT2D eigenvalue weighted by atomic mass is 9.93. The van der Waals surface area contributed by atoms with Crippen LogP contribution in [0.5, 0.6) is 0 Å². The van der Waals surface area contributed by atoms with Gasteiger partial charge in [-0.15, -0.1) is 0 Å². The standard InChI is InChI=1S/C30H30N2O/c1-18(2)17-21-9-11-22(12-10-21)23-7-6-16-31-28(23)27-20(5)8-13-24-25-14-15-26(19(3)4)32-30(25)33-29(24)27/h6-16,18-19H,17H2,1-5H3. The van der Waals surface area contributed by atoms with E-state index in [2.05, 4.69) is 89.2 Å². The smallest absolute Gasteiger partial charge is 0.227 e. The highest BCUT2D eigenvalue weighted by molar-refractivity contribution is 6.10. The summed E-state index contributed by atoms with van der Waals surface area (Å²) >= 11 is 0. The highest BCUT2D eigenvalue weighted by Crippen LogP contribution is 2.40. The lowest BCUT2D eigenvalue weighted by Crippen LogP contribution is -1.95. The number of hydrogen-bond donors (Lipinski definition) is 0. The monoisotopic (exact) mass is 434 g/mol. The molecule has 3 heterocycles. The summed E-state index contributed by atoms with van der Waals surface area (Å²) in [7, 11) is 0. The average Bonchev–Trinajstić information content (AvgIpc) is 3.17. The maximum absolute atomic E-state index is 6.41. The molecule has 5 rings (SSSR count). The van der Waals surface area contributed by atoms with E-state index in [1.54, 1.807) is 0 Å². The van der Waals surface area contributed by atoms with Crippen LogP contribution < -0.4 is 0 Å². The van der Waals surface area contributed by atoms with Crippen LogP contribution in [0.3, 0.4) is 0 Å². The molecule has 0 spiro atoms. The molecule has 3 heteroatoms. The molecule has 0 aliphatic carbocycles. The van der Waals surface area contributed by atoms with Crippen LogP contribution in [0.15, 0.2) is 71.3 Å². The van der Waals surface area contributed by atoms with E-state index in [0.29, 0.717) is 17.5 Å². The molecule has 0 fully saturated rings. The van der Waals surface area contributed by atoms with E-state index in [-0.39, 0.29) is 0 Å². The van der Waals surface area contributed by atoms with Gasteiger partial charge in [-0.2, -0.15) is 0 Å². The number of nitrogens with zero attached hydrogens (tertiary/aromatic N) is 2. The summed E-state index contributed by atoms with van der Waals surface area (Å²) in [5.74, 6) is 0.993. The van der Waals surface area contributed by atoms with Gasteiger partial charge in [-0.1, -0.05) is 70.2 Å². The van der Waals surface area contributed by atoms with Gasteiger partial charge in [-0.25, -0.2) is 4.98 Å². The number of furan rings is 1. The Morgan fingerprint density at radius 3 is 2.33 bits per heavy atom. The third-order valence-corrected chi connectivity index (χ3v) is 6.28. The molecule has 166 valence electrons. The number of pyridine rings is 2. The second-order valence-corrected chi connectivity index (χ2v) is 9.67. The molecule has 0 aliphatic rings. The zero-order valence-corrected chi connectivity index (χ0v) is 20.0. The van der Waals surface area contributed by atoms with Gasteiger partial charge in [-0.3, -0.25) is 4.98 Å². The lowest BCUT2D eigenvalue weighted by molar-refractivity contribution is 0.647. The van der Waals surface area contributed by atoms with Crippen LogP contribution in [-0.4, -0.2) is 9.97 Å². The first-order valence-corrected chi connectivity index (χ1v) is 11.8. The minimum Gasteiger partial charge on any atom is -0.437 e. The number of aryl methyl sites for hydroxylation is 1. The number of aromatic nitrogens is 2. The van der Waals surface area contributed by atoms with Crippen LogP contribution >= 0.6 is 0 Å². The van der Waals surface area contributed by atoms with Crippen molar-refractivity contribution in [3.63, 3.8) is 0 Å². The van der Waals surface area contributed by atoms with Crippen LogP contribution in [-0.2, 0) is 6.42 Å². The van der Waals surface area contributed by atoms with Crippen molar-refractivity contribution in [2.24, 2.45) is 5.92 Å². The minimum absolute atomic E-state index is 0.352. The first-order valence-electron chi connectivity index (χ1n) is 11.8. The average molecular weight is 435 g/mol. The third kappa shape index (κ3) is 3.93. The van der Waals surface area contributed by atoms with Crippen molar-refractivity contribution >= 4 is 22.1 Å². The Labute approximate surface area is 195 Å². The van der Waals surface area contributed by atoms with Crippen molar-refractivity contribution in [2.75, 3.05) is 0 Å². The SMILES string of the molecule is Cc1ccc2c(oc3nc(C(C)C)ccc32)c1-c1ncccc1-c1ccc(CC(C)C)cc1. The third-order valence-electron chi connectivity index (χ3n) is 6.28. The van der Waals surface area contributed by atoms with E-state index >= 15 is 0 Å². The molecule has 5 aromatic rings. The van der Waals surface area contributed by atoms with Crippen LogP contribution in [0.25, 0.3) is 44.5 Å². The van der Waals surface area contributed by atoms with Crippen LogP contribution in [0.4, 0.5) is 0 Å². The van der Waals surface area contributed by atoms with Crippen LogP contribution in [0, 0.1) is 12.8 Å². The zero-order valence-electron chi connectivity index (χ0n) is 20.0. The Balaban J connectivity index is 1.70. The topological polar surface area (TPSA) is 38.9 Å². The van der Waals surface area contributed by atoms with Gasteiger partial charge >= 0.3 is 0 Å². The van der Waals surface area contributed by atoms with Crippen molar-refractivity contribution in [1.29, 1.82) is 0 Å². The van der Waals surface area contributed by atoms with Gasteiger partial charge in [0.25, 0.3) is 0 Å². The van der Waals surface area contributed by atoms with Crippen molar-refractivity contribution < 1.29 is 4.42 Å². The van der Waals surface area contributed by atoms with E-state index in [9.17, 15) is 0 Å². The van der Waals surface area contributed by atoms with E-state index in [4.69, 9.17) is 14.4 Å². The van der Waals surface area contributed by atoms with Gasteiger partial charge in [0.05, 0.1) is 5.69 Å². The highest BCUT2D eigenvalue weighted by Gasteiger charge is 2.19. The molecule has 0 saturated carbocycles. The summed E-state index contributed by atoms with van der Waals surface area (Å²) in [4.78, 5) is 9.65. The Bertz CT molecular complexity index is 1440. The summed E-state index contributed by atoms with van der Waals surface area (Å²) in [6, 6.07) is 21.6. The molecule has 33 heavy (non-hydrogen) atoms. The Morgan fingerprint density at radius 2 is 1.61 bits per heavy atom. The fraction of sp³-hybridized carbons (Fsp3) is 0.267. The number of benzene rings is 2. The van der Waals surface area contributed by atoms with Crippen molar-refractivity contribution in [3.8, 4) is 22.4 Å². The van der Waals surface area contributed by atoms with Gasteiger partial charge in [0, 0.05) is 33.8 Å². The normalized spacial score (nSPS) is 11.8. The van der Waals surface area contributed by atoms with Crippen molar-refractivity contribution in [3.05, 3.63) is 83.7 Å². The highest BCUT2D eigenvalue weighted by atomic mass is 16.3. The summed E-state index contributed by atoms with van der Waals surface area (Å²) in [6.45, 7) is 10.9. The Kier molecular flexibility index (Phi) is 5.49. The minimum atomic E-state index is 0.352. The molecule has 0 bridgehead atoms. The number of rotatable bonds is 5. The molecular weight excluding hydrogens is 404 g/mol. The molecule has 3 nitrogen and oxygen atoms in total. The zero-order chi connectivity index (χ0) is 23.1. The summed E-state index contributed by atoms with van der Waals surface area (Å²) in [5, 5.41) is 2.13. The number of hydrogen-bond acceptors (Lipinski definition) is 3. The fourth-order valence-electron chi connectivity index (χ4n) is 4.58. The Morgan fingerprint density at radius 1 is 0.848 bits per heavy atom. The predicted molar refractivity (Wildman–Crippen MR) is 138 cm³/mol. The predicted octanol–water partition coefficient (Wildman–Crippen LogP) is 8.34. The molecule has 0 atom stereocenters. The van der Waals surface area contributed by atoms with Gasteiger partial charge in [0.1, 0.15) is 5.58 Å². The lowest BCUT2D eigenvalue weighted by Gasteiger charge is -2.13. The van der Waals surface area contributed by atoms with Gasteiger partial charge in [-0.05, 0) is 60.1 Å². The fourth-order valence-corrected chi connectivity index (χ4v) is 4.58. The molecule has 2 aromatic carbocycles. The van der Waals surface area contributed by atoms with E-state index < -0.39 is 0 Å². The molecule has 0 radical (unpaired) electrons. The molecule has 0 unspecified atom stereocenters. The van der Waals surface area contributed by atoms with Crippen molar-refractivity contribution in [1.82, 2.24) is 9.97 Å². The van der Waals surface area contributed by atoms with Crippen molar-refractivity contribution in [2.45, 2.75) is 47.0 Å². The summed E-state index contributed by atoms with van der Waals surface area (Å²) in [5.41, 5.74) is 9.36. The van der Waals surface area contributed by atoms with Crippen LogP contribution in [0.2, 0.25) is 0 Å². The van der Waals surface area contributed by atoms with Gasteiger partial charge in [0.15, 0.2) is 0 Å². The Hall–Kier alpha value is -3.46. The molecule has 0 amide bonds. The maximum atomic E-state index is 6.41. The molecule has 0 saturated heterocycles. The van der Waals surface area contributed by atoms with Gasteiger partial charge in [0.2, 0.25) is 5.71 Å². The quantitative estimate of drug-likeness (QED) is 0.279. The van der Waals surface area contributed by atoms with E-state index in [1.165, 1.54) is 11.1 Å². The molecular formula is C30H30N2O. The summed E-state index contributed by atoms with van der Waals surface area (Å²) in [6.07, 6.45) is 2.95. The second-order valence-electron chi connectivity index (χ2n) is 9.67. The number of fused-ring (bicyclic) bond motifs is 3.